The molecule has 0 aliphatic heterocycles. The zero-order valence-electron chi connectivity index (χ0n) is 19.7. The number of amides is 1. The van der Waals surface area contributed by atoms with Crippen molar-refractivity contribution in [2.45, 2.75) is 69.9 Å². The minimum atomic E-state index is -4.47. The molecule has 2 aromatic rings. The first-order valence-electron chi connectivity index (χ1n) is 10.9. The normalized spacial score (nSPS) is 14.6. The maximum Gasteiger partial charge on any atom is 0.416 e. The summed E-state index contributed by atoms with van der Waals surface area (Å²) in [7, 11) is 0. The van der Waals surface area contributed by atoms with Crippen LogP contribution in [0.25, 0.3) is 0 Å². The molecule has 192 valence electrons. The largest absolute Gasteiger partial charge is 0.479 e. The van der Waals surface area contributed by atoms with Crippen molar-refractivity contribution in [1.29, 1.82) is 0 Å². The number of hydrogen-bond donors (Lipinski definition) is 3. The Kier molecular flexibility index (Phi) is 8.89. The predicted molar refractivity (Wildman–Crippen MR) is 120 cm³/mol. The van der Waals surface area contributed by atoms with Gasteiger partial charge in [-0.3, -0.25) is 0 Å². The van der Waals surface area contributed by atoms with Crippen LogP contribution in [0.3, 0.4) is 0 Å². The molecule has 0 fully saturated rings. The van der Waals surface area contributed by atoms with Gasteiger partial charge >= 0.3 is 18.2 Å². The third-order valence-electron chi connectivity index (χ3n) is 5.20. The topological polar surface area (TPSA) is 95.9 Å². The van der Waals surface area contributed by atoms with E-state index in [9.17, 15) is 37.4 Å². The molecule has 0 aliphatic rings. The van der Waals surface area contributed by atoms with Crippen molar-refractivity contribution < 1.29 is 42.1 Å². The van der Waals surface area contributed by atoms with Crippen LogP contribution in [-0.4, -0.2) is 39.5 Å². The highest BCUT2D eigenvalue weighted by Crippen LogP contribution is 2.29. The number of nitrogens with one attached hydrogen (secondary N) is 1. The van der Waals surface area contributed by atoms with Crippen LogP contribution in [0.1, 0.15) is 50.3 Å². The van der Waals surface area contributed by atoms with Crippen molar-refractivity contribution in [3.63, 3.8) is 0 Å². The maximum atomic E-state index is 13.3. The monoisotopic (exact) mass is 499 g/mol. The Hall–Kier alpha value is -3.14. The van der Waals surface area contributed by atoms with Crippen LogP contribution in [-0.2, 0) is 28.5 Å². The quantitative estimate of drug-likeness (QED) is 0.417. The van der Waals surface area contributed by atoms with E-state index in [0.29, 0.717) is 11.1 Å². The molecule has 3 N–H and O–H groups in total. The summed E-state index contributed by atoms with van der Waals surface area (Å²) in [6, 6.07) is 9.49. The molecule has 0 radical (unpaired) electrons. The first-order chi connectivity index (χ1) is 16.1. The summed E-state index contributed by atoms with van der Waals surface area (Å²) >= 11 is 0. The van der Waals surface area contributed by atoms with Gasteiger partial charge in [-0.2, -0.15) is 13.2 Å². The minimum Gasteiger partial charge on any atom is -0.479 e. The van der Waals surface area contributed by atoms with Crippen molar-refractivity contribution in [2.75, 3.05) is 0 Å². The van der Waals surface area contributed by atoms with Gasteiger partial charge in [0.25, 0.3) is 0 Å². The molecule has 2 aromatic carbocycles. The zero-order valence-corrected chi connectivity index (χ0v) is 19.7. The van der Waals surface area contributed by atoms with Gasteiger partial charge < -0.3 is 20.3 Å². The number of aryl methyl sites for hydroxylation is 1. The van der Waals surface area contributed by atoms with E-state index >= 15 is 0 Å². The zero-order chi connectivity index (χ0) is 26.4. The molecule has 0 unspecified atom stereocenters. The summed E-state index contributed by atoms with van der Waals surface area (Å²) in [4.78, 5) is 24.8. The SMILES string of the molecule is CC(C)(C)OC(=O)N[C@](Cc1ccc(F)cc1)(C[C@@H](O)CCc1ccc(C(F)(F)F)cc1)C(=O)O. The first-order valence-corrected chi connectivity index (χ1v) is 10.9. The molecule has 35 heavy (non-hydrogen) atoms. The molecular formula is C25H29F4NO5. The number of alkyl halides is 3. The third kappa shape index (κ3) is 8.86. The van der Waals surface area contributed by atoms with Gasteiger partial charge in [0.2, 0.25) is 0 Å². The number of hydrogen-bond acceptors (Lipinski definition) is 4. The van der Waals surface area contributed by atoms with Gasteiger partial charge in [0, 0.05) is 12.8 Å². The summed E-state index contributed by atoms with van der Waals surface area (Å²) in [6.45, 7) is 4.82. The third-order valence-corrected chi connectivity index (χ3v) is 5.20. The molecule has 0 bridgehead atoms. The lowest BCUT2D eigenvalue weighted by Crippen LogP contribution is -2.58. The van der Waals surface area contributed by atoms with Crippen LogP contribution in [0.15, 0.2) is 48.5 Å². The van der Waals surface area contributed by atoms with E-state index in [0.717, 1.165) is 24.3 Å². The Morgan fingerprint density at radius 3 is 2.00 bits per heavy atom. The fourth-order valence-corrected chi connectivity index (χ4v) is 3.53. The van der Waals surface area contributed by atoms with Crippen molar-refractivity contribution >= 4 is 12.1 Å². The molecule has 10 heteroatoms. The molecule has 0 heterocycles. The van der Waals surface area contributed by atoms with E-state index in [-0.39, 0.29) is 19.3 Å². The van der Waals surface area contributed by atoms with E-state index in [4.69, 9.17) is 4.74 Å². The molecule has 0 spiro atoms. The number of benzene rings is 2. The predicted octanol–water partition coefficient (Wildman–Crippen LogP) is 5.12. The van der Waals surface area contributed by atoms with Gasteiger partial charge in [-0.1, -0.05) is 24.3 Å². The van der Waals surface area contributed by atoms with Gasteiger partial charge in [-0.05, 0) is 69.0 Å². The second-order valence-electron chi connectivity index (χ2n) is 9.41. The van der Waals surface area contributed by atoms with E-state index < -0.39 is 53.3 Å². The van der Waals surface area contributed by atoms with Crippen molar-refractivity contribution in [3.05, 3.63) is 71.0 Å². The Morgan fingerprint density at radius 1 is 0.971 bits per heavy atom. The van der Waals surface area contributed by atoms with Gasteiger partial charge in [0.05, 0.1) is 11.7 Å². The van der Waals surface area contributed by atoms with Gasteiger partial charge in [0.1, 0.15) is 17.0 Å². The molecule has 0 aliphatic carbocycles. The Labute approximate surface area is 200 Å². The number of carbonyl (C=O) groups is 2. The highest BCUT2D eigenvalue weighted by atomic mass is 19.4. The molecule has 1 amide bonds. The fourth-order valence-electron chi connectivity index (χ4n) is 3.53. The summed E-state index contributed by atoms with van der Waals surface area (Å²) in [6.07, 6.45) is -7.18. The number of carboxylic acid groups (broad SMARTS) is 1. The lowest BCUT2D eigenvalue weighted by Gasteiger charge is -2.33. The summed E-state index contributed by atoms with van der Waals surface area (Å²) < 4.78 is 56.8. The van der Waals surface area contributed by atoms with Crippen LogP contribution in [0.2, 0.25) is 0 Å². The number of rotatable bonds is 9. The van der Waals surface area contributed by atoms with Crippen LogP contribution in [0, 0.1) is 5.82 Å². The second-order valence-corrected chi connectivity index (χ2v) is 9.41. The highest BCUT2D eigenvalue weighted by Gasteiger charge is 2.43. The first kappa shape index (κ1) is 28.1. The van der Waals surface area contributed by atoms with Gasteiger partial charge in [-0.25, -0.2) is 14.0 Å². The lowest BCUT2D eigenvalue weighted by atomic mass is 9.84. The van der Waals surface area contributed by atoms with E-state index in [2.05, 4.69) is 5.32 Å². The van der Waals surface area contributed by atoms with Crippen LogP contribution in [0.4, 0.5) is 22.4 Å². The maximum absolute atomic E-state index is 13.3. The molecule has 0 saturated carbocycles. The summed E-state index contributed by atoms with van der Waals surface area (Å²) in [5, 5.41) is 23.1. The number of aliphatic hydroxyl groups is 1. The summed E-state index contributed by atoms with van der Waals surface area (Å²) in [5.41, 5.74) is -2.77. The van der Waals surface area contributed by atoms with E-state index in [1.807, 2.05) is 0 Å². The highest BCUT2D eigenvalue weighted by molar-refractivity contribution is 5.85. The van der Waals surface area contributed by atoms with Crippen LogP contribution < -0.4 is 5.32 Å². The number of carboxylic acids is 1. The standard InChI is InChI=1S/C25H29F4NO5/c1-23(2,3)35-22(34)30-24(21(32)33,14-17-6-11-19(26)12-7-17)15-20(31)13-8-16-4-9-18(10-5-16)25(27,28)29/h4-7,9-12,20,31H,8,13-15H2,1-3H3,(H,30,34)(H,32,33)/t20-,24+/m0/s1. The fraction of sp³-hybridized carbons (Fsp3) is 0.440. The van der Waals surface area contributed by atoms with E-state index in [1.54, 1.807) is 20.8 Å². The average molecular weight is 500 g/mol. The van der Waals surface area contributed by atoms with Gasteiger partial charge in [-0.15, -0.1) is 0 Å². The number of aliphatic carboxylic acids is 1. The summed E-state index contributed by atoms with van der Waals surface area (Å²) in [5.74, 6) is -1.95. The molecule has 0 saturated heterocycles. The minimum absolute atomic E-state index is 0.0276. The van der Waals surface area contributed by atoms with Crippen LogP contribution >= 0.6 is 0 Å². The Morgan fingerprint density at radius 2 is 1.51 bits per heavy atom. The number of halogens is 4. The average Bonchev–Trinajstić information content (AvgIpc) is 2.72. The van der Waals surface area contributed by atoms with Crippen molar-refractivity contribution in [2.24, 2.45) is 0 Å². The second kappa shape index (κ2) is 11.1. The lowest BCUT2D eigenvalue weighted by molar-refractivity contribution is -0.146. The smallest absolute Gasteiger partial charge is 0.416 e. The number of carbonyl (C=O) groups excluding carboxylic acids is 1. The van der Waals surface area contributed by atoms with Crippen LogP contribution in [0.5, 0.6) is 0 Å². The number of aliphatic hydroxyl groups excluding tert-OH is 1. The number of alkyl carbamates (subject to hydrolysis) is 1. The Bertz CT molecular complexity index is 1000. The number of ether oxygens (including phenoxy) is 1. The molecular weight excluding hydrogens is 470 g/mol. The van der Waals surface area contributed by atoms with Crippen molar-refractivity contribution in [1.82, 2.24) is 5.32 Å². The molecule has 2 atom stereocenters. The van der Waals surface area contributed by atoms with E-state index in [1.165, 1.54) is 24.3 Å². The molecule has 2 rings (SSSR count). The van der Waals surface area contributed by atoms with Crippen molar-refractivity contribution in [3.8, 4) is 0 Å². The van der Waals surface area contributed by atoms with Gasteiger partial charge in [0.15, 0.2) is 0 Å². The molecule has 6 nitrogen and oxygen atoms in total. The molecule has 0 aromatic heterocycles. The Balaban J connectivity index is 2.21.